The van der Waals surface area contributed by atoms with Crippen LogP contribution in [0.2, 0.25) is 0 Å². The first-order valence-corrected chi connectivity index (χ1v) is 11.2. The number of rotatable bonds is 3. The Hall–Kier alpha value is -4.00. The molecule has 7 nitrogen and oxygen atoms in total. The zero-order valence-electron chi connectivity index (χ0n) is 18.2. The van der Waals surface area contributed by atoms with E-state index in [2.05, 4.69) is 16.0 Å². The van der Waals surface area contributed by atoms with E-state index in [9.17, 15) is 9.59 Å². The highest BCUT2D eigenvalue weighted by molar-refractivity contribution is 6.00. The molecule has 0 radical (unpaired) electrons. The first-order valence-electron chi connectivity index (χ1n) is 11.2. The van der Waals surface area contributed by atoms with Gasteiger partial charge in [0.05, 0.1) is 12.6 Å². The van der Waals surface area contributed by atoms with Gasteiger partial charge in [-0.05, 0) is 41.8 Å². The van der Waals surface area contributed by atoms with Crippen molar-refractivity contribution in [1.82, 2.24) is 10.2 Å². The van der Waals surface area contributed by atoms with E-state index in [1.54, 1.807) is 0 Å². The summed E-state index contributed by atoms with van der Waals surface area (Å²) in [5.41, 5.74) is 4.64. The highest BCUT2D eigenvalue weighted by Crippen LogP contribution is 2.32. The Morgan fingerprint density at radius 2 is 1.73 bits per heavy atom. The number of hydrogen-bond donors (Lipinski definition) is 3. The third-order valence-corrected chi connectivity index (χ3v) is 6.09. The average Bonchev–Trinajstić information content (AvgIpc) is 2.85. The molecule has 33 heavy (non-hydrogen) atoms. The topological polar surface area (TPSA) is 82.7 Å². The molecule has 7 heteroatoms. The maximum absolute atomic E-state index is 13.0. The molecular weight excluding hydrogens is 416 g/mol. The van der Waals surface area contributed by atoms with Crippen LogP contribution in [0.25, 0.3) is 0 Å². The van der Waals surface area contributed by atoms with E-state index in [1.807, 2.05) is 77.7 Å². The van der Waals surface area contributed by atoms with Crippen molar-refractivity contribution in [3.8, 4) is 5.75 Å². The number of fused-ring (bicyclic) bond motifs is 2. The van der Waals surface area contributed by atoms with Gasteiger partial charge in [-0.3, -0.25) is 0 Å². The van der Waals surface area contributed by atoms with Crippen LogP contribution in [-0.2, 0) is 13.0 Å². The van der Waals surface area contributed by atoms with Crippen LogP contribution in [-0.4, -0.2) is 30.1 Å². The molecule has 0 spiro atoms. The standard InChI is InChI=1S/C26H26N4O3/c31-25(27-19-8-2-1-3-9-19)28-22-11-6-7-18-17-30(15-13-20(18)22)26(32)29-23-14-16-33-24-12-5-4-10-21(23)24/h1-12,23H,13-17H2,(H,29,32)(H2,27,28,31). The summed E-state index contributed by atoms with van der Waals surface area (Å²) in [5.74, 6) is 0.836. The number of benzene rings is 3. The minimum absolute atomic E-state index is 0.0569. The second-order valence-corrected chi connectivity index (χ2v) is 8.24. The zero-order chi connectivity index (χ0) is 22.6. The Balaban J connectivity index is 1.24. The molecule has 4 amide bonds. The summed E-state index contributed by atoms with van der Waals surface area (Å²) in [6.07, 6.45) is 1.42. The largest absolute Gasteiger partial charge is 0.493 e. The van der Waals surface area contributed by atoms with Gasteiger partial charge < -0.3 is 25.6 Å². The van der Waals surface area contributed by atoms with E-state index < -0.39 is 0 Å². The molecule has 0 aromatic heterocycles. The fourth-order valence-corrected chi connectivity index (χ4v) is 4.44. The van der Waals surface area contributed by atoms with Gasteiger partial charge in [-0.25, -0.2) is 9.59 Å². The quantitative estimate of drug-likeness (QED) is 0.538. The number of para-hydroxylation sites is 2. The van der Waals surface area contributed by atoms with Crippen LogP contribution in [0.3, 0.4) is 0 Å². The minimum atomic E-state index is -0.284. The number of ether oxygens (including phenoxy) is 1. The van der Waals surface area contributed by atoms with Gasteiger partial charge in [0.25, 0.3) is 0 Å². The fourth-order valence-electron chi connectivity index (χ4n) is 4.44. The second-order valence-electron chi connectivity index (χ2n) is 8.24. The van der Waals surface area contributed by atoms with Crippen molar-refractivity contribution in [2.45, 2.75) is 25.4 Å². The van der Waals surface area contributed by atoms with Crippen LogP contribution in [0.5, 0.6) is 5.75 Å². The summed E-state index contributed by atoms with van der Waals surface area (Å²) in [5, 5.41) is 8.98. The van der Waals surface area contributed by atoms with Gasteiger partial charge in [0, 0.05) is 36.4 Å². The monoisotopic (exact) mass is 442 g/mol. The van der Waals surface area contributed by atoms with Crippen LogP contribution in [0.4, 0.5) is 21.0 Å². The molecule has 1 atom stereocenters. The van der Waals surface area contributed by atoms with Gasteiger partial charge in [0.15, 0.2) is 0 Å². The van der Waals surface area contributed by atoms with Crippen LogP contribution < -0.4 is 20.7 Å². The molecule has 168 valence electrons. The van der Waals surface area contributed by atoms with E-state index >= 15 is 0 Å². The molecule has 1 unspecified atom stereocenters. The van der Waals surface area contributed by atoms with Gasteiger partial charge in [-0.1, -0.05) is 48.5 Å². The number of urea groups is 2. The van der Waals surface area contributed by atoms with E-state index in [0.717, 1.165) is 40.2 Å². The predicted molar refractivity (Wildman–Crippen MR) is 127 cm³/mol. The number of carbonyl (C=O) groups is 2. The molecule has 0 fully saturated rings. The molecule has 0 bridgehead atoms. The minimum Gasteiger partial charge on any atom is -0.493 e. The summed E-state index contributed by atoms with van der Waals surface area (Å²) in [7, 11) is 0. The van der Waals surface area contributed by atoms with Gasteiger partial charge >= 0.3 is 12.1 Å². The van der Waals surface area contributed by atoms with Crippen molar-refractivity contribution < 1.29 is 14.3 Å². The lowest BCUT2D eigenvalue weighted by molar-refractivity contribution is 0.181. The molecule has 3 aromatic carbocycles. The normalized spacial score (nSPS) is 16.6. The molecule has 0 saturated carbocycles. The van der Waals surface area contributed by atoms with Crippen LogP contribution in [0.1, 0.15) is 29.2 Å². The van der Waals surface area contributed by atoms with Gasteiger partial charge in [-0.2, -0.15) is 0 Å². The Labute approximate surface area is 192 Å². The maximum atomic E-state index is 13.0. The summed E-state index contributed by atoms with van der Waals surface area (Å²) in [4.78, 5) is 27.3. The number of anilines is 2. The summed E-state index contributed by atoms with van der Waals surface area (Å²) < 4.78 is 5.70. The summed E-state index contributed by atoms with van der Waals surface area (Å²) in [6, 6.07) is 22.6. The maximum Gasteiger partial charge on any atom is 0.323 e. The molecular formula is C26H26N4O3. The highest BCUT2D eigenvalue weighted by Gasteiger charge is 2.27. The lowest BCUT2D eigenvalue weighted by atomic mass is 9.97. The van der Waals surface area contributed by atoms with E-state index in [-0.39, 0.29) is 18.1 Å². The summed E-state index contributed by atoms with van der Waals surface area (Å²) in [6.45, 7) is 1.68. The Morgan fingerprint density at radius 1 is 0.909 bits per heavy atom. The lowest BCUT2D eigenvalue weighted by Gasteiger charge is -2.33. The Morgan fingerprint density at radius 3 is 2.61 bits per heavy atom. The third kappa shape index (κ3) is 4.62. The van der Waals surface area contributed by atoms with Crippen molar-refractivity contribution in [2.24, 2.45) is 0 Å². The SMILES string of the molecule is O=C(Nc1ccccc1)Nc1cccc2c1CCN(C(=O)NC1CCOc3ccccc31)C2. The van der Waals surface area contributed by atoms with Crippen LogP contribution in [0.15, 0.2) is 72.8 Å². The van der Waals surface area contributed by atoms with Crippen molar-refractivity contribution >= 4 is 23.4 Å². The Kier molecular flexibility index (Phi) is 5.85. The van der Waals surface area contributed by atoms with Crippen molar-refractivity contribution in [3.63, 3.8) is 0 Å². The van der Waals surface area contributed by atoms with Gasteiger partial charge in [0.1, 0.15) is 5.75 Å². The molecule has 2 heterocycles. The molecule has 5 rings (SSSR count). The van der Waals surface area contributed by atoms with E-state index in [4.69, 9.17) is 4.74 Å². The van der Waals surface area contributed by atoms with Crippen molar-refractivity contribution in [1.29, 1.82) is 0 Å². The van der Waals surface area contributed by atoms with E-state index in [1.165, 1.54) is 0 Å². The number of nitrogens with one attached hydrogen (secondary N) is 3. The zero-order valence-corrected chi connectivity index (χ0v) is 18.2. The molecule has 3 aromatic rings. The molecule has 2 aliphatic rings. The molecule has 0 saturated heterocycles. The predicted octanol–water partition coefficient (Wildman–Crippen LogP) is 4.92. The number of amides is 4. The molecule has 3 N–H and O–H groups in total. The lowest BCUT2D eigenvalue weighted by Crippen LogP contribution is -2.45. The number of carbonyl (C=O) groups excluding carboxylic acids is 2. The molecule has 2 aliphatic heterocycles. The Bertz CT molecular complexity index is 1170. The fraction of sp³-hybridized carbons (Fsp3) is 0.231. The molecule has 0 aliphatic carbocycles. The van der Waals surface area contributed by atoms with Crippen molar-refractivity contribution in [3.05, 3.63) is 89.5 Å². The first-order chi connectivity index (χ1) is 16.2. The number of nitrogens with zero attached hydrogens (tertiary/aromatic N) is 1. The van der Waals surface area contributed by atoms with Crippen molar-refractivity contribution in [2.75, 3.05) is 23.8 Å². The second kappa shape index (κ2) is 9.24. The smallest absolute Gasteiger partial charge is 0.323 e. The first kappa shape index (κ1) is 20.9. The van der Waals surface area contributed by atoms with E-state index in [0.29, 0.717) is 26.1 Å². The van der Waals surface area contributed by atoms with Gasteiger partial charge in [0.2, 0.25) is 0 Å². The highest BCUT2D eigenvalue weighted by atomic mass is 16.5. The van der Waals surface area contributed by atoms with Crippen LogP contribution >= 0.6 is 0 Å². The summed E-state index contributed by atoms with van der Waals surface area (Å²) >= 11 is 0. The van der Waals surface area contributed by atoms with Gasteiger partial charge in [-0.15, -0.1) is 0 Å². The van der Waals surface area contributed by atoms with Crippen LogP contribution in [0, 0.1) is 0 Å². The average molecular weight is 443 g/mol. The third-order valence-electron chi connectivity index (χ3n) is 6.09. The number of hydrogen-bond acceptors (Lipinski definition) is 3.